The Balaban J connectivity index is 2.12. The van der Waals surface area contributed by atoms with Crippen LogP contribution < -0.4 is 5.73 Å². The van der Waals surface area contributed by atoms with Crippen LogP contribution >= 0.6 is 15.9 Å². The largest absolute Gasteiger partial charge is 0.399 e. The van der Waals surface area contributed by atoms with Crippen molar-refractivity contribution in [3.63, 3.8) is 0 Å². The smallest absolute Gasteiger partial charge is 0.164 e. The summed E-state index contributed by atoms with van der Waals surface area (Å²) in [6.45, 7) is 0. The minimum Gasteiger partial charge on any atom is -0.399 e. The molecule has 15 heavy (non-hydrogen) atoms. The average molecular weight is 268 g/mol. The summed E-state index contributed by atoms with van der Waals surface area (Å²) in [7, 11) is 0. The molecule has 1 aliphatic rings. The molecule has 0 bridgehead atoms. The molecule has 80 valence electrons. The van der Waals surface area contributed by atoms with Gasteiger partial charge in [-0.2, -0.15) is 0 Å². The number of benzene rings is 1. The third-order valence-corrected chi connectivity index (χ3v) is 3.68. The number of nitrogen functional groups attached to an aromatic ring is 1. The Morgan fingerprint density at radius 3 is 2.80 bits per heavy atom. The molecule has 2 nitrogen and oxygen atoms in total. The van der Waals surface area contributed by atoms with Gasteiger partial charge in [0.15, 0.2) is 5.78 Å². The van der Waals surface area contributed by atoms with Crippen molar-refractivity contribution in [2.75, 3.05) is 5.73 Å². The van der Waals surface area contributed by atoms with Crippen LogP contribution in [-0.4, -0.2) is 5.78 Å². The Kier molecular flexibility index (Phi) is 3.10. The number of anilines is 1. The highest BCUT2D eigenvalue weighted by Gasteiger charge is 2.22. The van der Waals surface area contributed by atoms with Gasteiger partial charge in [-0.05, 0) is 24.1 Å². The van der Waals surface area contributed by atoms with Gasteiger partial charge in [0, 0.05) is 22.1 Å². The van der Waals surface area contributed by atoms with E-state index in [9.17, 15) is 4.79 Å². The van der Waals surface area contributed by atoms with Crippen LogP contribution in [0, 0.1) is 5.92 Å². The molecule has 0 saturated heterocycles. The Bertz CT molecular complexity index is 385. The number of halogens is 1. The van der Waals surface area contributed by atoms with Gasteiger partial charge in [-0.3, -0.25) is 4.79 Å². The zero-order valence-electron chi connectivity index (χ0n) is 8.50. The van der Waals surface area contributed by atoms with Crippen molar-refractivity contribution in [1.82, 2.24) is 0 Å². The molecule has 1 aromatic rings. The lowest BCUT2D eigenvalue weighted by atomic mass is 9.81. The van der Waals surface area contributed by atoms with E-state index in [1.165, 1.54) is 19.3 Å². The minimum atomic E-state index is 0.207. The van der Waals surface area contributed by atoms with Gasteiger partial charge in [-0.1, -0.05) is 35.2 Å². The Hall–Kier alpha value is -0.830. The van der Waals surface area contributed by atoms with E-state index in [0.29, 0.717) is 18.0 Å². The second-order valence-electron chi connectivity index (χ2n) is 4.16. The normalized spacial score (nSPS) is 16.1. The summed E-state index contributed by atoms with van der Waals surface area (Å²) in [6.07, 6.45) is 4.34. The van der Waals surface area contributed by atoms with Gasteiger partial charge in [-0.25, -0.2) is 0 Å². The van der Waals surface area contributed by atoms with Gasteiger partial charge < -0.3 is 5.73 Å². The van der Waals surface area contributed by atoms with Crippen molar-refractivity contribution in [3.05, 3.63) is 28.2 Å². The molecule has 0 heterocycles. The summed E-state index contributed by atoms with van der Waals surface area (Å²) in [5, 5.41) is 0. The van der Waals surface area contributed by atoms with Crippen LogP contribution in [0.5, 0.6) is 0 Å². The first-order valence-electron chi connectivity index (χ1n) is 5.25. The fourth-order valence-electron chi connectivity index (χ4n) is 1.83. The first kappa shape index (κ1) is 10.7. The predicted molar refractivity (Wildman–Crippen MR) is 64.8 cm³/mol. The molecule has 2 N–H and O–H groups in total. The highest BCUT2D eigenvalue weighted by Crippen LogP contribution is 2.32. The van der Waals surface area contributed by atoms with Crippen molar-refractivity contribution in [1.29, 1.82) is 0 Å². The van der Waals surface area contributed by atoms with Gasteiger partial charge in [0.1, 0.15) is 0 Å². The van der Waals surface area contributed by atoms with Crippen molar-refractivity contribution < 1.29 is 4.79 Å². The molecule has 1 saturated carbocycles. The first-order chi connectivity index (χ1) is 7.16. The zero-order valence-corrected chi connectivity index (χ0v) is 10.1. The summed E-state index contributed by atoms with van der Waals surface area (Å²) in [5.74, 6) is 0.810. The molecule has 1 aromatic carbocycles. The van der Waals surface area contributed by atoms with Crippen molar-refractivity contribution >= 4 is 27.4 Å². The number of hydrogen-bond donors (Lipinski definition) is 1. The van der Waals surface area contributed by atoms with Crippen LogP contribution in [-0.2, 0) is 0 Å². The lowest BCUT2D eigenvalue weighted by molar-refractivity contribution is 0.0936. The molecule has 0 unspecified atom stereocenters. The Morgan fingerprint density at radius 1 is 1.47 bits per heavy atom. The highest BCUT2D eigenvalue weighted by atomic mass is 79.9. The van der Waals surface area contributed by atoms with Gasteiger partial charge in [0.2, 0.25) is 0 Å². The van der Waals surface area contributed by atoms with E-state index < -0.39 is 0 Å². The van der Waals surface area contributed by atoms with Crippen molar-refractivity contribution in [2.45, 2.75) is 25.7 Å². The summed E-state index contributed by atoms with van der Waals surface area (Å²) in [6, 6.07) is 5.39. The number of rotatable bonds is 3. The first-order valence-corrected chi connectivity index (χ1v) is 6.04. The molecular formula is C12H14BrNO. The molecule has 0 spiro atoms. The monoisotopic (exact) mass is 267 g/mol. The summed E-state index contributed by atoms with van der Waals surface area (Å²) < 4.78 is 0.848. The number of nitrogens with two attached hydrogens (primary N) is 1. The highest BCUT2D eigenvalue weighted by molar-refractivity contribution is 9.10. The Labute approximate surface area is 98.0 Å². The van der Waals surface area contributed by atoms with E-state index in [1.807, 2.05) is 6.07 Å². The number of hydrogen-bond acceptors (Lipinski definition) is 2. The average Bonchev–Trinajstić information content (AvgIpc) is 2.15. The van der Waals surface area contributed by atoms with Gasteiger partial charge in [-0.15, -0.1) is 0 Å². The summed E-state index contributed by atoms with van der Waals surface area (Å²) in [5.41, 5.74) is 7.04. The van der Waals surface area contributed by atoms with E-state index >= 15 is 0 Å². The van der Waals surface area contributed by atoms with Crippen LogP contribution in [0.2, 0.25) is 0 Å². The number of carbonyl (C=O) groups excluding carboxylic acids is 1. The van der Waals surface area contributed by atoms with E-state index in [-0.39, 0.29) is 5.78 Å². The zero-order chi connectivity index (χ0) is 10.8. The molecule has 3 heteroatoms. The quantitative estimate of drug-likeness (QED) is 0.674. The van der Waals surface area contributed by atoms with E-state index in [2.05, 4.69) is 15.9 Å². The molecule has 0 amide bonds. The lowest BCUT2D eigenvalue weighted by Gasteiger charge is -2.24. The van der Waals surface area contributed by atoms with Crippen molar-refractivity contribution in [2.24, 2.45) is 5.92 Å². The fourth-order valence-corrected chi connectivity index (χ4v) is 2.29. The second kappa shape index (κ2) is 4.35. The fraction of sp³-hybridized carbons (Fsp3) is 0.417. The Morgan fingerprint density at radius 2 is 2.20 bits per heavy atom. The number of ketones is 1. The van der Waals surface area contributed by atoms with Crippen molar-refractivity contribution in [3.8, 4) is 0 Å². The SMILES string of the molecule is Nc1ccc(Br)c(C(=O)CC2CCC2)c1. The van der Waals surface area contributed by atoms with E-state index in [4.69, 9.17) is 5.73 Å². The summed E-state index contributed by atoms with van der Waals surface area (Å²) in [4.78, 5) is 11.9. The molecule has 0 atom stereocenters. The third-order valence-electron chi connectivity index (χ3n) is 2.99. The van der Waals surface area contributed by atoms with Crippen LogP contribution in [0.3, 0.4) is 0 Å². The molecule has 1 fully saturated rings. The van der Waals surface area contributed by atoms with Gasteiger partial charge in [0.25, 0.3) is 0 Å². The predicted octanol–water partition coefficient (Wildman–Crippen LogP) is 3.40. The maximum Gasteiger partial charge on any atom is 0.164 e. The molecule has 0 radical (unpaired) electrons. The topological polar surface area (TPSA) is 43.1 Å². The van der Waals surface area contributed by atoms with E-state index in [0.717, 1.165) is 10.0 Å². The molecule has 1 aliphatic carbocycles. The molecule has 0 aliphatic heterocycles. The minimum absolute atomic E-state index is 0.207. The van der Waals surface area contributed by atoms with Gasteiger partial charge in [0.05, 0.1) is 0 Å². The maximum atomic E-state index is 11.9. The van der Waals surface area contributed by atoms with Crippen LogP contribution in [0.15, 0.2) is 22.7 Å². The molecule has 0 aromatic heterocycles. The van der Waals surface area contributed by atoms with Crippen LogP contribution in [0.25, 0.3) is 0 Å². The summed E-state index contributed by atoms with van der Waals surface area (Å²) >= 11 is 3.38. The number of Topliss-reactive ketones (excluding diaryl/α,β-unsaturated/α-hetero) is 1. The number of carbonyl (C=O) groups is 1. The molecular weight excluding hydrogens is 254 g/mol. The second-order valence-corrected chi connectivity index (χ2v) is 5.02. The standard InChI is InChI=1S/C12H14BrNO/c13-11-5-4-9(14)7-10(11)12(15)6-8-2-1-3-8/h4-5,7-8H,1-3,6,14H2. The lowest BCUT2D eigenvalue weighted by Crippen LogP contribution is -2.16. The molecule has 2 rings (SSSR count). The van der Waals surface area contributed by atoms with E-state index in [1.54, 1.807) is 12.1 Å². The van der Waals surface area contributed by atoms with Crippen LogP contribution in [0.1, 0.15) is 36.0 Å². The maximum absolute atomic E-state index is 11.9. The van der Waals surface area contributed by atoms with Gasteiger partial charge >= 0.3 is 0 Å². The van der Waals surface area contributed by atoms with Crippen LogP contribution in [0.4, 0.5) is 5.69 Å². The third kappa shape index (κ3) is 2.40.